The Hall–Kier alpha value is -1.70. The summed E-state index contributed by atoms with van der Waals surface area (Å²) < 4.78 is 3.10. The maximum atomic E-state index is 5.96. The monoisotopic (exact) mass is 351 g/mol. The number of imidazole rings is 1. The van der Waals surface area contributed by atoms with Crippen LogP contribution in [0.25, 0.3) is 11.0 Å². The minimum atomic E-state index is 0.505. The van der Waals surface area contributed by atoms with Gasteiger partial charge in [-0.25, -0.2) is 15.0 Å². The Morgan fingerprint density at radius 2 is 2.17 bits per heavy atom. The molecule has 0 saturated heterocycles. The number of anilines is 1. The first-order valence-electron chi connectivity index (χ1n) is 5.40. The van der Waals surface area contributed by atoms with Gasteiger partial charge in [0.1, 0.15) is 6.33 Å². The van der Waals surface area contributed by atoms with E-state index in [2.05, 4.69) is 37.5 Å². The lowest BCUT2D eigenvalue weighted by Gasteiger charge is -2.05. The molecule has 0 spiro atoms. The predicted molar refractivity (Wildman–Crippen MR) is 78.0 cm³/mol. The number of halogens is 1. The maximum Gasteiger partial charge on any atom is 0.201 e. The van der Waals surface area contributed by atoms with E-state index >= 15 is 0 Å². The Labute approximate surface area is 117 Å². The van der Waals surface area contributed by atoms with Gasteiger partial charge < -0.3 is 10.3 Å². The molecule has 18 heavy (non-hydrogen) atoms. The molecule has 2 aromatic heterocycles. The molecule has 2 N–H and O–H groups in total. The summed E-state index contributed by atoms with van der Waals surface area (Å²) in [5.74, 6) is 0.505. The molecule has 0 bridgehead atoms. The van der Waals surface area contributed by atoms with E-state index in [1.54, 1.807) is 6.20 Å². The van der Waals surface area contributed by atoms with Crippen molar-refractivity contribution >= 4 is 39.6 Å². The van der Waals surface area contributed by atoms with E-state index in [1.165, 1.54) is 6.33 Å². The van der Waals surface area contributed by atoms with Crippen LogP contribution >= 0.6 is 22.6 Å². The summed E-state index contributed by atoms with van der Waals surface area (Å²) in [7, 11) is 0. The zero-order valence-electron chi connectivity index (χ0n) is 9.42. The fraction of sp³-hybridized carbons (Fsp3) is 0.0833. The summed E-state index contributed by atoms with van der Waals surface area (Å²) in [5.41, 5.74) is 8.80. The lowest BCUT2D eigenvalue weighted by atomic mass is 10.3. The average Bonchev–Trinajstić information content (AvgIpc) is 2.66. The van der Waals surface area contributed by atoms with Crippen molar-refractivity contribution in [2.24, 2.45) is 0 Å². The lowest BCUT2D eigenvalue weighted by Crippen LogP contribution is -2.05. The number of nitrogens with two attached hydrogens (primary N) is 1. The third kappa shape index (κ3) is 2.03. The summed E-state index contributed by atoms with van der Waals surface area (Å²) in [4.78, 5) is 12.5. The quantitative estimate of drug-likeness (QED) is 0.718. The molecule has 0 aliphatic carbocycles. The molecule has 3 aromatic rings. The molecule has 0 unspecified atom stereocenters. The van der Waals surface area contributed by atoms with Crippen molar-refractivity contribution in [2.75, 3.05) is 5.73 Å². The van der Waals surface area contributed by atoms with Crippen molar-refractivity contribution in [1.82, 2.24) is 19.5 Å². The summed E-state index contributed by atoms with van der Waals surface area (Å²) in [5, 5.41) is 0. The number of aromatic nitrogens is 4. The fourth-order valence-electron chi connectivity index (χ4n) is 1.86. The molecule has 1 aromatic carbocycles. The molecule has 5 nitrogen and oxygen atoms in total. The van der Waals surface area contributed by atoms with Crippen LogP contribution in [0.5, 0.6) is 0 Å². The highest BCUT2D eigenvalue weighted by atomic mass is 127. The van der Waals surface area contributed by atoms with Gasteiger partial charge in [0.05, 0.1) is 23.3 Å². The fourth-order valence-corrected chi connectivity index (χ4v) is 2.34. The van der Waals surface area contributed by atoms with Crippen molar-refractivity contribution in [3.63, 3.8) is 0 Å². The van der Waals surface area contributed by atoms with E-state index in [9.17, 15) is 0 Å². The zero-order valence-corrected chi connectivity index (χ0v) is 11.6. The standard InChI is InChI=1S/C12H10IN5/c13-8-1-2-11-10(5-8)17-12(14)18(11)6-9-3-4-15-7-16-9/h1-5,7H,6H2,(H2,14,17). The SMILES string of the molecule is Nc1nc2cc(I)ccc2n1Cc1ccncn1. The molecule has 0 fully saturated rings. The Kier molecular flexibility index (Phi) is 2.86. The smallest absolute Gasteiger partial charge is 0.201 e. The number of rotatable bonds is 2. The van der Waals surface area contributed by atoms with Gasteiger partial charge in [0.25, 0.3) is 0 Å². The Morgan fingerprint density at radius 1 is 1.28 bits per heavy atom. The van der Waals surface area contributed by atoms with Gasteiger partial charge in [0.15, 0.2) is 0 Å². The van der Waals surface area contributed by atoms with Crippen LogP contribution in [-0.2, 0) is 6.54 Å². The molecular formula is C12H10IN5. The van der Waals surface area contributed by atoms with E-state index < -0.39 is 0 Å². The summed E-state index contributed by atoms with van der Waals surface area (Å²) >= 11 is 2.26. The summed E-state index contributed by atoms with van der Waals surface area (Å²) in [6.07, 6.45) is 3.26. The lowest BCUT2D eigenvalue weighted by molar-refractivity contribution is 0.803. The Bertz CT molecular complexity index is 692. The molecule has 2 heterocycles. The van der Waals surface area contributed by atoms with Gasteiger partial charge in [-0.05, 0) is 46.9 Å². The van der Waals surface area contributed by atoms with Crippen molar-refractivity contribution in [1.29, 1.82) is 0 Å². The Balaban J connectivity index is 2.09. The van der Waals surface area contributed by atoms with E-state index in [0.717, 1.165) is 20.3 Å². The molecule has 0 aliphatic rings. The van der Waals surface area contributed by atoms with Crippen LogP contribution < -0.4 is 5.73 Å². The minimum Gasteiger partial charge on any atom is -0.369 e. The summed E-state index contributed by atoms with van der Waals surface area (Å²) in [6, 6.07) is 7.96. The van der Waals surface area contributed by atoms with E-state index in [1.807, 2.05) is 28.8 Å². The highest BCUT2D eigenvalue weighted by Crippen LogP contribution is 2.20. The number of nitrogen functional groups attached to an aromatic ring is 1. The molecule has 6 heteroatoms. The summed E-state index contributed by atoms with van der Waals surface area (Å²) in [6.45, 7) is 0.603. The molecule has 0 saturated carbocycles. The maximum absolute atomic E-state index is 5.96. The first-order valence-corrected chi connectivity index (χ1v) is 6.48. The van der Waals surface area contributed by atoms with Crippen LogP contribution in [-0.4, -0.2) is 19.5 Å². The number of hydrogen-bond acceptors (Lipinski definition) is 4. The number of benzene rings is 1. The molecule has 90 valence electrons. The number of hydrogen-bond donors (Lipinski definition) is 1. The van der Waals surface area contributed by atoms with Crippen LogP contribution in [0.2, 0.25) is 0 Å². The number of fused-ring (bicyclic) bond motifs is 1. The van der Waals surface area contributed by atoms with Crippen molar-refractivity contribution < 1.29 is 0 Å². The molecule has 0 aliphatic heterocycles. The van der Waals surface area contributed by atoms with Gasteiger partial charge in [-0.1, -0.05) is 0 Å². The van der Waals surface area contributed by atoms with Crippen LogP contribution in [0.4, 0.5) is 5.95 Å². The van der Waals surface area contributed by atoms with Crippen molar-refractivity contribution in [2.45, 2.75) is 6.54 Å². The Morgan fingerprint density at radius 3 is 2.94 bits per heavy atom. The zero-order chi connectivity index (χ0) is 12.5. The minimum absolute atomic E-state index is 0.505. The average molecular weight is 351 g/mol. The second kappa shape index (κ2) is 4.52. The van der Waals surface area contributed by atoms with E-state index in [4.69, 9.17) is 5.73 Å². The predicted octanol–water partition coefficient (Wildman–Crippen LogP) is 2.06. The van der Waals surface area contributed by atoms with Gasteiger partial charge >= 0.3 is 0 Å². The molecule has 0 radical (unpaired) electrons. The van der Waals surface area contributed by atoms with Crippen molar-refractivity contribution in [3.05, 3.63) is 46.1 Å². The highest BCUT2D eigenvalue weighted by molar-refractivity contribution is 14.1. The second-order valence-electron chi connectivity index (χ2n) is 3.89. The van der Waals surface area contributed by atoms with Gasteiger partial charge in [0.2, 0.25) is 5.95 Å². The third-order valence-electron chi connectivity index (χ3n) is 2.70. The van der Waals surface area contributed by atoms with Crippen LogP contribution in [0.3, 0.4) is 0 Å². The van der Waals surface area contributed by atoms with Crippen LogP contribution in [0, 0.1) is 3.57 Å². The first kappa shape index (κ1) is 11.4. The van der Waals surface area contributed by atoms with E-state index in [0.29, 0.717) is 12.5 Å². The van der Waals surface area contributed by atoms with Gasteiger partial charge in [-0.3, -0.25) is 0 Å². The van der Waals surface area contributed by atoms with Crippen molar-refractivity contribution in [3.8, 4) is 0 Å². The molecule has 3 rings (SSSR count). The van der Waals surface area contributed by atoms with Crippen LogP contribution in [0.1, 0.15) is 5.69 Å². The molecule has 0 amide bonds. The number of nitrogens with zero attached hydrogens (tertiary/aromatic N) is 4. The first-order chi connectivity index (χ1) is 8.74. The third-order valence-corrected chi connectivity index (χ3v) is 3.37. The van der Waals surface area contributed by atoms with E-state index in [-0.39, 0.29) is 0 Å². The topological polar surface area (TPSA) is 69.6 Å². The van der Waals surface area contributed by atoms with Crippen LogP contribution in [0.15, 0.2) is 36.8 Å². The second-order valence-corrected chi connectivity index (χ2v) is 5.14. The van der Waals surface area contributed by atoms with Gasteiger partial charge in [-0.15, -0.1) is 0 Å². The largest absolute Gasteiger partial charge is 0.369 e. The molecular weight excluding hydrogens is 341 g/mol. The van der Waals surface area contributed by atoms with Gasteiger partial charge in [-0.2, -0.15) is 0 Å². The highest BCUT2D eigenvalue weighted by Gasteiger charge is 2.09. The van der Waals surface area contributed by atoms with Gasteiger partial charge in [0, 0.05) is 9.77 Å². The normalized spacial score (nSPS) is 10.9. The molecule has 0 atom stereocenters.